The van der Waals surface area contributed by atoms with E-state index >= 15 is 0 Å². The van der Waals surface area contributed by atoms with E-state index in [1.165, 1.54) is 225 Å². The lowest BCUT2D eigenvalue weighted by Gasteiger charge is -2.21. The van der Waals surface area contributed by atoms with Crippen molar-refractivity contribution < 1.29 is 80.2 Å². The lowest BCUT2D eigenvalue weighted by Crippen LogP contribution is -2.30. The first-order valence-corrected chi connectivity index (χ1v) is 45.8. The highest BCUT2D eigenvalue weighted by atomic mass is 31.2. The van der Waals surface area contributed by atoms with Gasteiger partial charge in [-0.05, 0) is 49.4 Å². The van der Waals surface area contributed by atoms with Gasteiger partial charge in [-0.15, -0.1) is 0 Å². The van der Waals surface area contributed by atoms with Crippen LogP contribution in [0, 0.1) is 23.7 Å². The van der Waals surface area contributed by atoms with Gasteiger partial charge in [-0.1, -0.05) is 376 Å². The molecule has 17 nitrogen and oxygen atoms in total. The zero-order valence-electron chi connectivity index (χ0n) is 67.2. The topological polar surface area (TPSA) is 237 Å². The quantitative estimate of drug-likeness (QED) is 0.0222. The lowest BCUT2D eigenvalue weighted by atomic mass is 9.99. The number of carbonyl (C=O) groups is 4. The Morgan fingerprint density at radius 2 is 0.471 bits per heavy atom. The van der Waals surface area contributed by atoms with Crippen molar-refractivity contribution in [3.05, 3.63) is 0 Å². The van der Waals surface area contributed by atoms with Gasteiger partial charge in [0.2, 0.25) is 0 Å². The van der Waals surface area contributed by atoms with Crippen molar-refractivity contribution in [2.24, 2.45) is 23.7 Å². The zero-order valence-corrected chi connectivity index (χ0v) is 69.0. The molecule has 0 bridgehead atoms. The number of aliphatic hydroxyl groups is 1. The summed E-state index contributed by atoms with van der Waals surface area (Å²) in [7, 11) is -9.92. The summed E-state index contributed by atoms with van der Waals surface area (Å²) in [5.74, 6) is 1.03. The molecule has 4 unspecified atom stereocenters. The molecule has 0 fully saturated rings. The molecule has 0 radical (unpaired) electrons. The molecule has 0 amide bonds. The third-order valence-corrected chi connectivity index (χ3v) is 21.9. The fourth-order valence-electron chi connectivity index (χ4n) is 12.7. The number of phosphoric ester groups is 2. The molecule has 0 aromatic heterocycles. The number of aliphatic hydroxyl groups excluding tert-OH is 1. The Morgan fingerprint density at radius 3 is 0.696 bits per heavy atom. The van der Waals surface area contributed by atoms with Gasteiger partial charge in [0, 0.05) is 25.7 Å². The largest absolute Gasteiger partial charge is 0.472 e. The normalized spacial score (nSPS) is 14.5. The van der Waals surface area contributed by atoms with E-state index in [4.69, 9.17) is 37.0 Å². The van der Waals surface area contributed by atoms with Crippen LogP contribution in [0.15, 0.2) is 0 Å². The van der Waals surface area contributed by atoms with Gasteiger partial charge in [-0.25, -0.2) is 9.13 Å². The molecule has 606 valence electrons. The first-order valence-electron chi connectivity index (χ1n) is 42.8. The number of rotatable bonds is 80. The molecule has 0 aliphatic carbocycles. The van der Waals surface area contributed by atoms with Gasteiger partial charge < -0.3 is 33.8 Å². The van der Waals surface area contributed by atoms with Crippen LogP contribution in [0.3, 0.4) is 0 Å². The number of hydrogen-bond donors (Lipinski definition) is 3. The number of carbonyl (C=O) groups excluding carboxylic acids is 4. The minimum Gasteiger partial charge on any atom is -0.462 e. The molecule has 19 heteroatoms. The molecule has 0 spiro atoms. The second-order valence-corrected chi connectivity index (χ2v) is 34.2. The van der Waals surface area contributed by atoms with Crippen LogP contribution in [-0.4, -0.2) is 96.7 Å². The Bertz CT molecular complexity index is 1990. The van der Waals surface area contributed by atoms with Crippen LogP contribution in [0.2, 0.25) is 0 Å². The number of phosphoric acid groups is 2. The average molecular weight is 1490 g/mol. The van der Waals surface area contributed by atoms with E-state index in [1.54, 1.807) is 0 Å². The summed E-state index contributed by atoms with van der Waals surface area (Å²) in [6.45, 7) is 14.3. The molecule has 102 heavy (non-hydrogen) atoms. The zero-order chi connectivity index (χ0) is 75.3. The predicted molar refractivity (Wildman–Crippen MR) is 418 cm³/mol. The molecule has 0 saturated heterocycles. The van der Waals surface area contributed by atoms with Gasteiger partial charge in [0.05, 0.1) is 26.4 Å². The predicted octanol–water partition coefficient (Wildman–Crippen LogP) is 24.8. The van der Waals surface area contributed by atoms with Gasteiger partial charge in [-0.2, -0.15) is 0 Å². The van der Waals surface area contributed by atoms with Crippen LogP contribution in [0.25, 0.3) is 0 Å². The molecule has 0 rings (SSSR count). The maximum atomic E-state index is 13.1. The molecule has 0 heterocycles. The Morgan fingerprint density at radius 1 is 0.275 bits per heavy atom. The van der Waals surface area contributed by atoms with Crippen LogP contribution in [0.1, 0.15) is 428 Å². The standard InChI is InChI=1S/C83H162O17P2/c1-9-75(7)61-53-45-37-31-25-21-17-13-11-12-14-18-22-26-32-38-47-55-63-80(85)93-69-78(99-83(88)66-58-50-40-34-28-30-36-44-52-60-74(5)6)71-97-101(89,90)95-67-77(84)68-96-102(91,92)98-72-79(70-94-81(86)64-56-48-42-41-46-54-62-76(8)10-2)100-82(87)65-57-49-39-33-27-23-19-15-16-20-24-29-35-43-51-59-73(3)4/h73-79,84H,9-72H2,1-8H3,(H,89,90)(H,91,92)/t75?,76?,77-,78-,79-/m1/s1. The molecule has 0 aromatic carbocycles. The van der Waals surface area contributed by atoms with Crippen molar-refractivity contribution in [3.8, 4) is 0 Å². The first kappa shape index (κ1) is 100. The maximum Gasteiger partial charge on any atom is 0.472 e. The van der Waals surface area contributed by atoms with Crippen molar-refractivity contribution in [1.29, 1.82) is 0 Å². The third kappa shape index (κ3) is 73.6. The minimum absolute atomic E-state index is 0.105. The van der Waals surface area contributed by atoms with Crippen molar-refractivity contribution >= 4 is 39.5 Å². The highest BCUT2D eigenvalue weighted by Crippen LogP contribution is 2.45. The first-order chi connectivity index (χ1) is 49.2. The van der Waals surface area contributed by atoms with Crippen molar-refractivity contribution in [3.63, 3.8) is 0 Å². The van der Waals surface area contributed by atoms with E-state index in [-0.39, 0.29) is 25.7 Å². The SMILES string of the molecule is CCC(C)CCCCCCCCCCCCCCCCCCCCC(=O)OC[C@H](COP(=O)(O)OC[C@@H](O)COP(=O)(O)OC[C@@H](COC(=O)CCCCCCCCC(C)CC)OC(=O)CCCCCCCCCCCCCCCCCC(C)C)OC(=O)CCCCCCCCCCCC(C)C. The molecule has 0 aliphatic heterocycles. The van der Waals surface area contributed by atoms with E-state index in [9.17, 15) is 43.2 Å². The van der Waals surface area contributed by atoms with Crippen LogP contribution >= 0.6 is 15.6 Å². The number of unbranched alkanes of at least 4 members (excludes halogenated alkanes) is 44. The van der Waals surface area contributed by atoms with Crippen molar-refractivity contribution in [2.45, 2.75) is 446 Å². The minimum atomic E-state index is -4.96. The molecular weight excluding hydrogens is 1330 g/mol. The summed E-state index contributed by atoms with van der Waals surface area (Å²) in [6, 6.07) is 0. The summed E-state index contributed by atoms with van der Waals surface area (Å²) in [6.07, 6.45) is 59.8. The van der Waals surface area contributed by atoms with E-state index < -0.39 is 97.5 Å². The molecule has 0 aromatic rings. The summed E-state index contributed by atoms with van der Waals surface area (Å²) < 4.78 is 68.7. The fourth-order valence-corrected chi connectivity index (χ4v) is 14.3. The van der Waals surface area contributed by atoms with Gasteiger partial charge >= 0.3 is 39.5 Å². The van der Waals surface area contributed by atoms with Crippen molar-refractivity contribution in [1.82, 2.24) is 0 Å². The van der Waals surface area contributed by atoms with Gasteiger partial charge in [0.15, 0.2) is 12.2 Å². The highest BCUT2D eigenvalue weighted by Gasteiger charge is 2.30. The van der Waals surface area contributed by atoms with Gasteiger partial charge in [0.1, 0.15) is 19.3 Å². The summed E-state index contributed by atoms with van der Waals surface area (Å²) in [5, 5.41) is 10.6. The highest BCUT2D eigenvalue weighted by molar-refractivity contribution is 7.47. The average Bonchev–Trinajstić information content (AvgIpc) is 0.909. The summed E-state index contributed by atoms with van der Waals surface area (Å²) in [4.78, 5) is 73.0. The Kier molecular flexibility index (Phi) is 70.6. The Hall–Kier alpha value is -1.94. The maximum absolute atomic E-state index is 13.1. The molecule has 0 saturated carbocycles. The monoisotopic (exact) mass is 1490 g/mol. The van der Waals surface area contributed by atoms with Crippen molar-refractivity contribution in [2.75, 3.05) is 39.6 Å². The molecule has 7 atom stereocenters. The molecule has 3 N–H and O–H groups in total. The Balaban J connectivity index is 5.16. The smallest absolute Gasteiger partial charge is 0.462 e. The van der Waals surface area contributed by atoms with Gasteiger partial charge in [-0.3, -0.25) is 37.3 Å². The van der Waals surface area contributed by atoms with E-state index in [0.717, 1.165) is 120 Å². The van der Waals surface area contributed by atoms with Crippen LogP contribution in [0.4, 0.5) is 0 Å². The Labute approximate surface area is 626 Å². The van der Waals surface area contributed by atoms with E-state index in [0.29, 0.717) is 25.7 Å². The number of hydrogen-bond acceptors (Lipinski definition) is 15. The van der Waals surface area contributed by atoms with E-state index in [1.807, 2.05) is 0 Å². The fraction of sp³-hybridized carbons (Fsp3) is 0.952. The number of esters is 4. The number of ether oxygens (including phenoxy) is 4. The second-order valence-electron chi connectivity index (χ2n) is 31.3. The molecular formula is C83H162O17P2. The third-order valence-electron chi connectivity index (χ3n) is 20.0. The van der Waals surface area contributed by atoms with Crippen LogP contribution in [0.5, 0.6) is 0 Å². The summed E-state index contributed by atoms with van der Waals surface area (Å²) in [5.41, 5.74) is 0. The van der Waals surface area contributed by atoms with Crippen LogP contribution < -0.4 is 0 Å². The van der Waals surface area contributed by atoms with E-state index in [2.05, 4.69) is 55.4 Å². The second kappa shape index (κ2) is 72.0. The molecule has 0 aliphatic rings. The van der Waals surface area contributed by atoms with Gasteiger partial charge in [0.25, 0.3) is 0 Å². The lowest BCUT2D eigenvalue weighted by molar-refractivity contribution is -0.161. The summed E-state index contributed by atoms with van der Waals surface area (Å²) >= 11 is 0. The van der Waals surface area contributed by atoms with Crippen LogP contribution in [-0.2, 0) is 65.4 Å².